The number of pyridine rings is 1. The number of aliphatic carboxylic acids is 1. The number of carbonyl (C=O) groups is 1. The number of rotatable bonds is 2. The van der Waals surface area contributed by atoms with Gasteiger partial charge in [-0.3, -0.25) is 4.79 Å². The number of allylic oxidation sites excluding steroid dienone is 2. The first-order chi connectivity index (χ1) is 9.72. The molecular weight excluding hydrogens is 335 g/mol. The van der Waals surface area contributed by atoms with Gasteiger partial charge in [0.15, 0.2) is 18.1 Å². The normalized spacial score (nSPS) is 21.5. The molecular formula is C12H14F6NO2P. The van der Waals surface area contributed by atoms with Crippen LogP contribution in [0.15, 0.2) is 36.7 Å². The molecule has 0 aliphatic heterocycles. The topological polar surface area (TPSA) is 41.2 Å². The maximum absolute atomic E-state index is 10.8. The van der Waals surface area contributed by atoms with E-state index >= 15 is 0 Å². The summed E-state index contributed by atoms with van der Waals surface area (Å²) in [6.45, 7) is 0. The van der Waals surface area contributed by atoms with E-state index in [1.807, 2.05) is 36.7 Å². The Morgan fingerprint density at radius 1 is 1.09 bits per heavy atom. The van der Waals surface area contributed by atoms with E-state index in [1.54, 1.807) is 0 Å². The monoisotopic (exact) mass is 349 g/mol. The van der Waals surface area contributed by atoms with Crippen LogP contribution in [0.25, 0.3) is 5.70 Å². The molecule has 0 saturated carbocycles. The van der Waals surface area contributed by atoms with Gasteiger partial charge in [-0.2, -0.15) is 4.57 Å². The summed E-state index contributed by atoms with van der Waals surface area (Å²) >= 11 is 0. The Labute approximate surface area is 122 Å². The molecule has 1 aliphatic carbocycles. The molecule has 1 aromatic heterocycles. The van der Waals surface area contributed by atoms with Gasteiger partial charge >= 0.3 is 39.0 Å². The van der Waals surface area contributed by atoms with E-state index in [-0.39, 0.29) is 5.92 Å². The van der Waals surface area contributed by atoms with Crippen LogP contribution < -0.4 is 4.57 Å². The summed E-state index contributed by atoms with van der Waals surface area (Å²) in [4.78, 5) is 10.8. The van der Waals surface area contributed by atoms with Crippen LogP contribution in [0.2, 0.25) is 0 Å². The average molecular weight is 349 g/mol. The van der Waals surface area contributed by atoms with E-state index in [0.717, 1.165) is 12.8 Å². The summed E-state index contributed by atoms with van der Waals surface area (Å²) in [5.74, 6) is -0.874. The summed E-state index contributed by atoms with van der Waals surface area (Å²) in [7, 11) is -10.7. The van der Waals surface area contributed by atoms with Crippen molar-refractivity contribution in [1.29, 1.82) is 0 Å². The van der Waals surface area contributed by atoms with Gasteiger partial charge in [0, 0.05) is 18.6 Å². The Hall–Kier alpha value is -1.63. The van der Waals surface area contributed by atoms with Crippen LogP contribution in [0.5, 0.6) is 0 Å². The quantitative estimate of drug-likeness (QED) is 0.459. The zero-order valence-electron chi connectivity index (χ0n) is 11.2. The van der Waals surface area contributed by atoms with Crippen molar-refractivity contribution in [2.45, 2.75) is 19.3 Å². The molecule has 0 fully saturated rings. The maximum atomic E-state index is 10.8. The zero-order valence-corrected chi connectivity index (χ0v) is 12.1. The number of nitrogens with zero attached hydrogens (tertiary/aromatic N) is 1. The Morgan fingerprint density at radius 3 is 1.95 bits per heavy atom. The Balaban J connectivity index is 0.000000295. The Bertz CT molecular complexity index is 558. The molecule has 0 saturated heterocycles. The molecule has 2 rings (SSSR count). The molecule has 1 atom stereocenters. The predicted octanol–water partition coefficient (Wildman–Crippen LogP) is 5.08. The van der Waals surface area contributed by atoms with E-state index in [4.69, 9.17) is 5.11 Å². The SMILES string of the molecule is F[P-](F)(F)(F)(F)F.O=C(O)C1CC=C([n+]2ccccc2)CC1. The average Bonchev–Trinajstić information content (AvgIpc) is 2.36. The molecule has 0 aromatic carbocycles. The van der Waals surface area contributed by atoms with Crippen LogP contribution in [0.4, 0.5) is 25.2 Å². The van der Waals surface area contributed by atoms with Crippen LogP contribution in [-0.4, -0.2) is 11.1 Å². The molecule has 1 aliphatic rings. The van der Waals surface area contributed by atoms with Gasteiger partial charge in [-0.25, -0.2) is 0 Å². The minimum atomic E-state index is -10.7. The van der Waals surface area contributed by atoms with Crippen LogP contribution >= 0.6 is 7.81 Å². The van der Waals surface area contributed by atoms with Crippen molar-refractivity contribution in [1.82, 2.24) is 0 Å². The van der Waals surface area contributed by atoms with Crippen LogP contribution in [-0.2, 0) is 4.79 Å². The third-order valence-electron chi connectivity index (χ3n) is 2.78. The Kier molecular flexibility index (Phi) is 4.63. The predicted molar refractivity (Wildman–Crippen MR) is 69.5 cm³/mol. The maximum Gasteiger partial charge on any atom is 0.306 e. The number of carboxylic acids is 1. The van der Waals surface area contributed by atoms with Gasteiger partial charge in [0.25, 0.3) is 0 Å². The minimum absolute atomic E-state index is 0.196. The number of aromatic nitrogens is 1. The van der Waals surface area contributed by atoms with E-state index in [0.29, 0.717) is 6.42 Å². The number of hydrogen-bond acceptors (Lipinski definition) is 1. The smallest absolute Gasteiger partial charge is 0.306 e. The fraction of sp³-hybridized carbons (Fsp3) is 0.333. The second-order valence-corrected chi connectivity index (χ2v) is 6.66. The van der Waals surface area contributed by atoms with Gasteiger partial charge in [-0.05, 0) is 18.9 Å². The fourth-order valence-electron chi connectivity index (χ4n) is 1.87. The fourth-order valence-corrected chi connectivity index (χ4v) is 1.87. The summed E-state index contributed by atoms with van der Waals surface area (Å²) in [5.41, 5.74) is 1.20. The van der Waals surface area contributed by atoms with Crippen LogP contribution in [0.1, 0.15) is 19.3 Å². The van der Waals surface area contributed by atoms with Crippen molar-refractivity contribution >= 4 is 19.5 Å². The van der Waals surface area contributed by atoms with Gasteiger partial charge in [0.2, 0.25) is 0 Å². The molecule has 0 bridgehead atoms. The molecule has 1 N–H and O–H groups in total. The van der Waals surface area contributed by atoms with E-state index in [9.17, 15) is 30.0 Å². The van der Waals surface area contributed by atoms with Crippen LogP contribution in [0, 0.1) is 5.92 Å². The van der Waals surface area contributed by atoms with E-state index < -0.39 is 13.8 Å². The zero-order chi connectivity index (χ0) is 17.1. The van der Waals surface area contributed by atoms with Crippen LogP contribution in [0.3, 0.4) is 0 Å². The van der Waals surface area contributed by atoms with Gasteiger partial charge in [-0.15, -0.1) is 0 Å². The third kappa shape index (κ3) is 9.33. The molecule has 10 heteroatoms. The summed E-state index contributed by atoms with van der Waals surface area (Å²) in [6, 6.07) is 5.92. The minimum Gasteiger partial charge on any atom is -0.481 e. The first kappa shape index (κ1) is 18.4. The van der Waals surface area contributed by atoms with Crippen molar-refractivity contribution in [3.63, 3.8) is 0 Å². The second kappa shape index (κ2) is 5.53. The Morgan fingerprint density at radius 2 is 1.59 bits per heavy atom. The molecule has 1 unspecified atom stereocenters. The molecule has 0 spiro atoms. The van der Waals surface area contributed by atoms with E-state index in [2.05, 4.69) is 4.57 Å². The van der Waals surface area contributed by atoms with Crippen molar-refractivity contribution < 1.29 is 39.6 Å². The van der Waals surface area contributed by atoms with Crippen molar-refractivity contribution in [2.75, 3.05) is 0 Å². The summed E-state index contributed by atoms with van der Waals surface area (Å²) in [5, 5.41) is 8.86. The van der Waals surface area contributed by atoms with Crippen molar-refractivity contribution in [3.8, 4) is 0 Å². The number of hydrogen-bond donors (Lipinski definition) is 1. The molecule has 0 amide bonds. The third-order valence-corrected chi connectivity index (χ3v) is 2.78. The molecule has 22 heavy (non-hydrogen) atoms. The largest absolute Gasteiger partial charge is 0.481 e. The number of halogens is 6. The van der Waals surface area contributed by atoms with Crippen molar-refractivity contribution in [2.24, 2.45) is 5.92 Å². The molecule has 1 aromatic rings. The first-order valence-electron chi connectivity index (χ1n) is 6.17. The van der Waals surface area contributed by atoms with Gasteiger partial charge < -0.3 is 5.11 Å². The van der Waals surface area contributed by atoms with E-state index in [1.165, 1.54) is 5.70 Å². The van der Waals surface area contributed by atoms with Gasteiger partial charge in [0.05, 0.1) is 5.92 Å². The molecule has 1 heterocycles. The second-order valence-electron chi connectivity index (χ2n) is 4.75. The molecule has 3 nitrogen and oxygen atoms in total. The first-order valence-corrected chi connectivity index (χ1v) is 8.20. The molecule has 126 valence electrons. The molecule has 0 radical (unpaired) electrons. The van der Waals surface area contributed by atoms with Gasteiger partial charge in [-0.1, -0.05) is 6.07 Å². The summed E-state index contributed by atoms with van der Waals surface area (Å²) in [6.07, 6.45) is 8.24. The standard InChI is InChI=1S/C12H13NO2.F6P/c14-12(15)10-4-6-11(7-5-10)13-8-2-1-3-9-13;1-7(2,3,4,5)6/h1-3,6,8-10H,4-5,7H2;/q;-1/p+1. The number of carboxylic acid groups (broad SMARTS) is 1. The van der Waals surface area contributed by atoms with Gasteiger partial charge in [0.1, 0.15) is 0 Å². The van der Waals surface area contributed by atoms with Crippen molar-refractivity contribution in [3.05, 3.63) is 36.7 Å². The summed E-state index contributed by atoms with van der Waals surface area (Å²) < 4.78 is 61.2.